The Bertz CT molecular complexity index is 709. The van der Waals surface area contributed by atoms with Gasteiger partial charge < -0.3 is 20.1 Å². The van der Waals surface area contributed by atoms with Crippen molar-refractivity contribution in [2.24, 2.45) is 10.9 Å². The summed E-state index contributed by atoms with van der Waals surface area (Å²) in [5.41, 5.74) is 1.06. The quantitative estimate of drug-likeness (QED) is 0.188. The van der Waals surface area contributed by atoms with Crippen LogP contribution in [0.1, 0.15) is 25.3 Å². The molecular weight excluding hydrogens is 493 g/mol. The van der Waals surface area contributed by atoms with Gasteiger partial charge in [0.1, 0.15) is 15.6 Å². The standard InChI is InChI=1S/C19H31N3O4S.HI/c1-3-20-19(21-10-11-25-12-13-27(2,23)24)22-14-17-6-4-5-7-18(17)26-15-16-8-9-16;/h4-7,16H,3,8-15H2,1-2H3,(H2,20,21,22);1H. The van der Waals surface area contributed by atoms with Crippen LogP contribution in [0.25, 0.3) is 0 Å². The van der Waals surface area contributed by atoms with Crippen LogP contribution < -0.4 is 15.4 Å². The highest BCUT2D eigenvalue weighted by Gasteiger charge is 2.22. The number of hydrogen-bond acceptors (Lipinski definition) is 5. The maximum Gasteiger partial charge on any atom is 0.191 e. The number of ether oxygens (including phenoxy) is 2. The van der Waals surface area contributed by atoms with Crippen molar-refractivity contribution in [3.8, 4) is 5.75 Å². The lowest BCUT2D eigenvalue weighted by molar-refractivity contribution is 0.154. The Balaban J connectivity index is 0.00000392. The minimum Gasteiger partial charge on any atom is -0.493 e. The molecular formula is C19H32IN3O4S. The van der Waals surface area contributed by atoms with Crippen LogP contribution in [0, 0.1) is 5.92 Å². The minimum atomic E-state index is -2.98. The van der Waals surface area contributed by atoms with Crippen molar-refractivity contribution in [3.05, 3.63) is 29.8 Å². The lowest BCUT2D eigenvalue weighted by Crippen LogP contribution is -2.39. The first-order chi connectivity index (χ1) is 13.0. The summed E-state index contributed by atoms with van der Waals surface area (Å²) < 4.78 is 33.4. The van der Waals surface area contributed by atoms with Crippen LogP contribution in [0.5, 0.6) is 5.75 Å². The topological polar surface area (TPSA) is 89.0 Å². The number of sulfone groups is 1. The second-order valence-electron chi connectivity index (χ2n) is 6.73. The van der Waals surface area contributed by atoms with E-state index in [1.165, 1.54) is 19.1 Å². The normalized spacial score (nSPS) is 14.3. The van der Waals surface area contributed by atoms with Gasteiger partial charge in [-0.1, -0.05) is 18.2 Å². The molecule has 0 atom stereocenters. The van der Waals surface area contributed by atoms with E-state index in [9.17, 15) is 8.42 Å². The molecule has 0 radical (unpaired) electrons. The number of rotatable bonds is 12. The lowest BCUT2D eigenvalue weighted by Gasteiger charge is -2.13. The Morgan fingerprint density at radius 1 is 1.21 bits per heavy atom. The second kappa shape index (κ2) is 13.2. The van der Waals surface area contributed by atoms with Crippen LogP contribution in [-0.2, 0) is 21.1 Å². The van der Waals surface area contributed by atoms with E-state index in [0.717, 1.165) is 24.5 Å². The second-order valence-corrected chi connectivity index (χ2v) is 8.99. The van der Waals surface area contributed by atoms with Crippen LogP contribution in [0.3, 0.4) is 0 Å². The molecule has 0 bridgehead atoms. The van der Waals surface area contributed by atoms with E-state index in [-0.39, 0.29) is 36.3 Å². The Hall–Kier alpha value is -1.07. The van der Waals surface area contributed by atoms with Crippen molar-refractivity contribution in [2.75, 3.05) is 44.9 Å². The summed E-state index contributed by atoms with van der Waals surface area (Å²) in [5.74, 6) is 2.34. The Labute approximate surface area is 185 Å². The third-order valence-electron chi connectivity index (χ3n) is 4.03. The highest BCUT2D eigenvalue weighted by atomic mass is 127. The highest BCUT2D eigenvalue weighted by molar-refractivity contribution is 14.0. The summed E-state index contributed by atoms with van der Waals surface area (Å²) in [6.07, 6.45) is 3.73. The molecule has 7 nitrogen and oxygen atoms in total. The average molecular weight is 525 g/mol. The maximum atomic E-state index is 11.1. The average Bonchev–Trinajstić information content (AvgIpc) is 3.45. The van der Waals surface area contributed by atoms with Crippen molar-refractivity contribution in [3.63, 3.8) is 0 Å². The third-order valence-corrected chi connectivity index (χ3v) is 4.94. The number of para-hydroxylation sites is 1. The molecule has 0 spiro atoms. The first-order valence-electron chi connectivity index (χ1n) is 9.46. The van der Waals surface area contributed by atoms with Crippen molar-refractivity contribution >= 4 is 39.8 Å². The zero-order chi connectivity index (χ0) is 19.5. The first kappa shape index (κ1) is 25.0. The molecule has 2 rings (SSSR count). The van der Waals surface area contributed by atoms with Gasteiger partial charge in [-0.25, -0.2) is 13.4 Å². The molecule has 1 aliphatic carbocycles. The van der Waals surface area contributed by atoms with Crippen molar-refractivity contribution < 1.29 is 17.9 Å². The van der Waals surface area contributed by atoms with Gasteiger partial charge >= 0.3 is 0 Å². The van der Waals surface area contributed by atoms with Crippen LogP contribution in [0.4, 0.5) is 0 Å². The molecule has 160 valence electrons. The van der Waals surface area contributed by atoms with E-state index in [4.69, 9.17) is 9.47 Å². The molecule has 0 saturated heterocycles. The summed E-state index contributed by atoms with van der Waals surface area (Å²) in [6.45, 7) is 5.23. The highest BCUT2D eigenvalue weighted by Crippen LogP contribution is 2.30. The van der Waals surface area contributed by atoms with Crippen LogP contribution in [0.15, 0.2) is 29.3 Å². The number of halogens is 1. The first-order valence-corrected chi connectivity index (χ1v) is 11.5. The molecule has 0 aliphatic heterocycles. The molecule has 1 aliphatic rings. The Morgan fingerprint density at radius 3 is 2.64 bits per heavy atom. The van der Waals surface area contributed by atoms with Crippen molar-refractivity contribution in [2.45, 2.75) is 26.3 Å². The smallest absolute Gasteiger partial charge is 0.191 e. The van der Waals surface area contributed by atoms with Gasteiger partial charge in [0, 0.05) is 24.9 Å². The number of guanidine groups is 1. The molecule has 2 N–H and O–H groups in total. The Kier molecular flexibility index (Phi) is 11.8. The third kappa shape index (κ3) is 11.1. The number of nitrogens with one attached hydrogen (secondary N) is 2. The lowest BCUT2D eigenvalue weighted by atomic mass is 10.2. The van der Waals surface area contributed by atoms with E-state index in [1.807, 2.05) is 31.2 Å². The van der Waals surface area contributed by atoms with E-state index < -0.39 is 9.84 Å². The number of benzene rings is 1. The molecule has 9 heteroatoms. The molecule has 1 saturated carbocycles. The molecule has 0 heterocycles. The van der Waals surface area contributed by atoms with Gasteiger partial charge in [-0.15, -0.1) is 24.0 Å². The van der Waals surface area contributed by atoms with Gasteiger partial charge in [0.25, 0.3) is 0 Å². The fraction of sp³-hybridized carbons (Fsp3) is 0.632. The van der Waals surface area contributed by atoms with E-state index in [2.05, 4.69) is 15.6 Å². The van der Waals surface area contributed by atoms with E-state index in [0.29, 0.717) is 31.6 Å². The monoisotopic (exact) mass is 525 g/mol. The predicted octanol–water partition coefficient (Wildman–Crippen LogP) is 2.21. The van der Waals surface area contributed by atoms with E-state index in [1.54, 1.807) is 0 Å². The van der Waals surface area contributed by atoms with Gasteiger partial charge in [0.15, 0.2) is 5.96 Å². The zero-order valence-electron chi connectivity index (χ0n) is 16.6. The molecule has 0 amide bonds. The SMILES string of the molecule is CCNC(=NCc1ccccc1OCC1CC1)NCCOCCS(C)(=O)=O.I. The molecule has 1 aromatic carbocycles. The van der Waals surface area contributed by atoms with Crippen LogP contribution in [0.2, 0.25) is 0 Å². The minimum absolute atomic E-state index is 0. The molecule has 1 fully saturated rings. The van der Waals surface area contributed by atoms with Crippen LogP contribution >= 0.6 is 24.0 Å². The van der Waals surface area contributed by atoms with E-state index >= 15 is 0 Å². The molecule has 28 heavy (non-hydrogen) atoms. The predicted molar refractivity (Wildman–Crippen MR) is 123 cm³/mol. The van der Waals surface area contributed by atoms with Crippen LogP contribution in [-0.4, -0.2) is 59.3 Å². The zero-order valence-corrected chi connectivity index (χ0v) is 19.8. The van der Waals surface area contributed by atoms with Gasteiger partial charge in [-0.2, -0.15) is 0 Å². The number of hydrogen-bond donors (Lipinski definition) is 2. The summed E-state index contributed by atoms with van der Waals surface area (Å²) in [5, 5.41) is 6.39. The number of nitrogens with zero attached hydrogens (tertiary/aromatic N) is 1. The van der Waals surface area contributed by atoms with Gasteiger partial charge in [0.05, 0.1) is 32.1 Å². The molecule has 0 aromatic heterocycles. The summed E-state index contributed by atoms with van der Waals surface area (Å²) >= 11 is 0. The van der Waals surface area contributed by atoms with Crippen molar-refractivity contribution in [1.29, 1.82) is 0 Å². The van der Waals surface area contributed by atoms with Gasteiger partial charge in [-0.3, -0.25) is 0 Å². The summed E-state index contributed by atoms with van der Waals surface area (Å²) in [4.78, 5) is 4.61. The van der Waals surface area contributed by atoms with Crippen molar-refractivity contribution in [1.82, 2.24) is 10.6 Å². The maximum absolute atomic E-state index is 11.1. The summed E-state index contributed by atoms with van der Waals surface area (Å²) in [6, 6.07) is 7.99. The largest absolute Gasteiger partial charge is 0.493 e. The Morgan fingerprint density at radius 2 is 1.96 bits per heavy atom. The van der Waals surface area contributed by atoms with Gasteiger partial charge in [0.2, 0.25) is 0 Å². The summed E-state index contributed by atoms with van der Waals surface area (Å²) in [7, 11) is -2.98. The molecule has 0 unspecified atom stereocenters. The van der Waals surface area contributed by atoms with Gasteiger partial charge in [-0.05, 0) is 31.7 Å². The fourth-order valence-electron chi connectivity index (χ4n) is 2.33. The fourth-order valence-corrected chi connectivity index (χ4v) is 2.75. The molecule has 1 aromatic rings. The number of aliphatic imine (C=N–C) groups is 1.